The van der Waals surface area contributed by atoms with Crippen molar-refractivity contribution in [1.29, 1.82) is 0 Å². The van der Waals surface area contributed by atoms with Crippen molar-refractivity contribution in [3.63, 3.8) is 0 Å². The van der Waals surface area contributed by atoms with E-state index in [2.05, 4.69) is 5.32 Å². The van der Waals surface area contributed by atoms with Gasteiger partial charge in [-0.1, -0.05) is 12.1 Å². The Morgan fingerprint density at radius 3 is 2.32 bits per heavy atom. The minimum Gasteiger partial charge on any atom is -0.366 e. The number of hydrogen-bond donors (Lipinski definition) is 2. The first kappa shape index (κ1) is 17.6. The highest BCUT2D eigenvalue weighted by Gasteiger charge is 2.29. The number of nitrogens with two attached hydrogens (primary N) is 1. The number of nitrogens with one attached hydrogen (secondary N) is 1. The monoisotopic (exact) mass is 362 g/mol. The predicted octanol–water partition coefficient (Wildman–Crippen LogP) is 2.19. The number of carbonyl (C=O) groups is 1. The molecule has 0 aromatic heterocycles. The van der Waals surface area contributed by atoms with Crippen LogP contribution < -0.4 is 11.1 Å². The van der Waals surface area contributed by atoms with E-state index in [1.165, 1.54) is 36.4 Å². The van der Waals surface area contributed by atoms with Crippen LogP contribution in [0.5, 0.6) is 0 Å². The Kier molecular flexibility index (Phi) is 4.87. The van der Waals surface area contributed by atoms with Crippen LogP contribution in [0.2, 0.25) is 0 Å². The van der Waals surface area contributed by atoms with E-state index >= 15 is 0 Å². The molecule has 2 unspecified atom stereocenters. The van der Waals surface area contributed by atoms with Crippen molar-refractivity contribution in [1.82, 2.24) is 5.32 Å². The van der Waals surface area contributed by atoms with Gasteiger partial charge in [0.05, 0.1) is 10.6 Å². The third-order valence-corrected chi connectivity index (χ3v) is 6.26. The van der Waals surface area contributed by atoms with Crippen LogP contribution >= 0.6 is 0 Å². The molecule has 132 valence electrons. The Bertz CT molecular complexity index is 864. The molecule has 3 rings (SSSR count). The number of hydrogen-bond acceptors (Lipinski definition) is 4. The van der Waals surface area contributed by atoms with Crippen molar-refractivity contribution in [3.05, 3.63) is 65.5 Å². The van der Waals surface area contributed by atoms with E-state index in [9.17, 15) is 17.6 Å². The van der Waals surface area contributed by atoms with Crippen molar-refractivity contribution in [2.45, 2.75) is 29.8 Å². The summed E-state index contributed by atoms with van der Waals surface area (Å²) in [6.45, 7) is 0. The maximum absolute atomic E-state index is 13.0. The van der Waals surface area contributed by atoms with Crippen molar-refractivity contribution in [3.8, 4) is 0 Å². The Morgan fingerprint density at radius 1 is 1.08 bits per heavy atom. The maximum atomic E-state index is 13.0. The molecular weight excluding hydrogens is 343 g/mol. The Balaban J connectivity index is 1.67. The minimum atomic E-state index is -3.47. The molecule has 0 spiro atoms. The molecule has 5 nitrogen and oxygen atoms in total. The largest absolute Gasteiger partial charge is 0.366 e. The lowest BCUT2D eigenvalue weighted by Gasteiger charge is -2.15. The average molecular weight is 362 g/mol. The zero-order valence-corrected chi connectivity index (χ0v) is 14.3. The van der Waals surface area contributed by atoms with Crippen LogP contribution in [0.25, 0.3) is 0 Å². The molecule has 1 heterocycles. The fraction of sp³-hybridized carbons (Fsp3) is 0.278. The summed E-state index contributed by atoms with van der Waals surface area (Å²) in [5.41, 5.74) is 6.39. The molecular formula is C18H19FN2O3S. The zero-order chi connectivity index (χ0) is 18.0. The summed E-state index contributed by atoms with van der Waals surface area (Å²) in [4.78, 5) is 11.2. The molecule has 1 amide bonds. The summed E-state index contributed by atoms with van der Waals surface area (Å²) >= 11 is 0. The number of amides is 1. The maximum Gasteiger partial charge on any atom is 0.248 e. The van der Waals surface area contributed by atoms with Crippen molar-refractivity contribution in [2.24, 2.45) is 5.73 Å². The number of rotatable bonds is 5. The molecule has 1 saturated heterocycles. The first-order valence-electron chi connectivity index (χ1n) is 7.99. The van der Waals surface area contributed by atoms with Gasteiger partial charge in [-0.2, -0.15) is 0 Å². The summed E-state index contributed by atoms with van der Waals surface area (Å²) in [6, 6.07) is 11.7. The van der Waals surface area contributed by atoms with Gasteiger partial charge in [-0.3, -0.25) is 4.79 Å². The molecule has 25 heavy (non-hydrogen) atoms. The van der Waals surface area contributed by atoms with Crippen LogP contribution in [0.4, 0.5) is 4.39 Å². The van der Waals surface area contributed by atoms with Crippen molar-refractivity contribution >= 4 is 15.7 Å². The number of primary amides is 1. The third kappa shape index (κ3) is 4.05. The second-order valence-corrected chi connectivity index (χ2v) is 8.25. The number of halogens is 1. The van der Waals surface area contributed by atoms with E-state index in [4.69, 9.17) is 5.73 Å². The first-order chi connectivity index (χ1) is 11.8. The topological polar surface area (TPSA) is 89.3 Å². The van der Waals surface area contributed by atoms with Crippen LogP contribution in [-0.2, 0) is 9.84 Å². The molecule has 2 aromatic carbocycles. The Hall–Kier alpha value is -2.25. The molecule has 1 aliphatic rings. The van der Waals surface area contributed by atoms with E-state index in [-0.39, 0.29) is 34.1 Å². The number of benzene rings is 2. The van der Waals surface area contributed by atoms with Crippen LogP contribution in [0.15, 0.2) is 53.4 Å². The molecule has 2 aromatic rings. The summed E-state index contributed by atoms with van der Waals surface area (Å²) < 4.78 is 38.1. The van der Waals surface area contributed by atoms with Gasteiger partial charge in [-0.05, 0) is 54.8 Å². The van der Waals surface area contributed by atoms with E-state index in [1.54, 1.807) is 12.1 Å². The highest BCUT2D eigenvalue weighted by atomic mass is 32.2. The van der Waals surface area contributed by atoms with Gasteiger partial charge >= 0.3 is 0 Å². The highest BCUT2D eigenvalue weighted by Crippen LogP contribution is 2.28. The molecule has 1 aliphatic heterocycles. The molecule has 3 N–H and O–H groups in total. The second-order valence-electron chi connectivity index (χ2n) is 6.22. The van der Waals surface area contributed by atoms with E-state index in [0.29, 0.717) is 0 Å². The molecule has 0 aliphatic carbocycles. The molecule has 2 atom stereocenters. The lowest BCUT2D eigenvalue weighted by molar-refractivity contribution is 0.1000. The van der Waals surface area contributed by atoms with Gasteiger partial charge in [-0.15, -0.1) is 0 Å². The zero-order valence-electron chi connectivity index (χ0n) is 13.5. The van der Waals surface area contributed by atoms with E-state index in [1.807, 2.05) is 0 Å². The lowest BCUT2D eigenvalue weighted by Crippen LogP contribution is -2.31. The van der Waals surface area contributed by atoms with Gasteiger partial charge in [0, 0.05) is 17.6 Å². The second kappa shape index (κ2) is 6.93. The van der Waals surface area contributed by atoms with Gasteiger partial charge in [-0.25, -0.2) is 12.8 Å². The van der Waals surface area contributed by atoms with E-state index in [0.717, 1.165) is 18.4 Å². The average Bonchev–Trinajstić information content (AvgIpc) is 3.03. The Labute approximate surface area is 146 Å². The molecule has 7 heteroatoms. The summed E-state index contributed by atoms with van der Waals surface area (Å²) in [7, 11) is -3.47. The van der Waals surface area contributed by atoms with Crippen molar-refractivity contribution < 1.29 is 17.6 Å². The molecule has 1 fully saturated rings. The van der Waals surface area contributed by atoms with Gasteiger partial charge in [0.1, 0.15) is 5.82 Å². The van der Waals surface area contributed by atoms with Gasteiger partial charge in [0.2, 0.25) is 5.91 Å². The van der Waals surface area contributed by atoms with Crippen LogP contribution in [0.3, 0.4) is 0 Å². The fourth-order valence-corrected chi connectivity index (χ4v) is 4.63. The first-order valence-corrected chi connectivity index (χ1v) is 9.64. The fourth-order valence-electron chi connectivity index (χ4n) is 3.10. The predicted molar refractivity (Wildman–Crippen MR) is 92.3 cm³/mol. The SMILES string of the molecule is NC(=O)c1ccc(S(=O)(=O)CC2CCC(c3ccc(F)cc3)N2)cc1. The van der Waals surface area contributed by atoms with Crippen molar-refractivity contribution in [2.75, 3.05) is 5.75 Å². The molecule has 0 radical (unpaired) electrons. The van der Waals surface area contributed by atoms with Crippen LogP contribution in [0, 0.1) is 5.82 Å². The summed E-state index contributed by atoms with van der Waals surface area (Å²) in [6.07, 6.45) is 1.52. The quantitative estimate of drug-likeness (QED) is 0.853. The van der Waals surface area contributed by atoms with Crippen LogP contribution in [0.1, 0.15) is 34.8 Å². The van der Waals surface area contributed by atoms with Crippen LogP contribution in [-0.4, -0.2) is 26.1 Å². The standard InChI is InChI=1S/C18H19FN2O3S/c19-14-5-1-12(2-6-14)17-10-7-15(21-17)11-25(23,24)16-8-3-13(4-9-16)18(20)22/h1-6,8-9,15,17,21H,7,10-11H2,(H2,20,22). The highest BCUT2D eigenvalue weighted by molar-refractivity contribution is 7.91. The normalized spacial score (nSPS) is 20.5. The third-order valence-electron chi connectivity index (χ3n) is 4.43. The van der Waals surface area contributed by atoms with E-state index < -0.39 is 15.7 Å². The van der Waals surface area contributed by atoms with Gasteiger partial charge in [0.25, 0.3) is 0 Å². The minimum absolute atomic E-state index is 0.0260. The number of sulfone groups is 1. The Morgan fingerprint density at radius 2 is 1.72 bits per heavy atom. The lowest BCUT2D eigenvalue weighted by atomic mass is 10.1. The van der Waals surface area contributed by atoms with Gasteiger partial charge < -0.3 is 11.1 Å². The van der Waals surface area contributed by atoms with Gasteiger partial charge in [0.15, 0.2) is 9.84 Å². The summed E-state index contributed by atoms with van der Waals surface area (Å²) in [5, 5.41) is 3.31. The summed E-state index contributed by atoms with van der Waals surface area (Å²) in [5.74, 6) is -0.913. The number of carbonyl (C=O) groups excluding carboxylic acids is 1. The molecule has 0 bridgehead atoms. The molecule has 0 saturated carbocycles. The smallest absolute Gasteiger partial charge is 0.248 e.